The molecule has 162 valence electrons. The molecule has 5 rings (SSSR count). The van der Waals surface area contributed by atoms with E-state index in [9.17, 15) is 8.78 Å². The molecule has 2 saturated heterocycles. The lowest BCUT2D eigenvalue weighted by Crippen LogP contribution is -2.43. The highest BCUT2D eigenvalue weighted by molar-refractivity contribution is 6.30. The van der Waals surface area contributed by atoms with Gasteiger partial charge in [0.15, 0.2) is 11.0 Å². The molecule has 7 nitrogen and oxygen atoms in total. The van der Waals surface area contributed by atoms with Crippen LogP contribution in [0.25, 0.3) is 10.9 Å². The van der Waals surface area contributed by atoms with E-state index in [-0.39, 0.29) is 40.7 Å². The maximum atomic E-state index is 14.9. The zero-order valence-corrected chi connectivity index (χ0v) is 17.8. The lowest BCUT2D eigenvalue weighted by molar-refractivity contribution is 0.107. The number of fused-ring (bicyclic) bond motifs is 1. The molecule has 0 N–H and O–H groups in total. The molecule has 3 atom stereocenters. The van der Waals surface area contributed by atoms with Gasteiger partial charge in [-0.05, 0) is 26.3 Å². The maximum Gasteiger partial charge on any atom is 0.319 e. The summed E-state index contributed by atoms with van der Waals surface area (Å²) < 4.78 is 40.7. The standard InChI is InChI=1S/C20H24ClF2N5O2/c1-11-4-7-29-18-13-15(14(23)16(21)25-18)24-19(26-17(13)27(11)2)30-10-20-5-3-6-28(20)9-12(22)8-20/h11-12H,3-10H2,1-2H3/t11?,12-,20+/m1/s1. The molecule has 0 saturated carbocycles. The second-order valence-electron chi connectivity index (χ2n) is 8.54. The van der Waals surface area contributed by atoms with Gasteiger partial charge in [0.1, 0.15) is 29.5 Å². The molecular weight excluding hydrogens is 416 g/mol. The molecule has 0 aromatic carbocycles. The van der Waals surface area contributed by atoms with Crippen molar-refractivity contribution in [3.05, 3.63) is 11.0 Å². The molecule has 30 heavy (non-hydrogen) atoms. The Morgan fingerprint density at radius 2 is 2.17 bits per heavy atom. The summed E-state index contributed by atoms with van der Waals surface area (Å²) in [6.07, 6.45) is 2.20. The number of ether oxygens (including phenoxy) is 2. The number of anilines is 1. The van der Waals surface area contributed by atoms with Crippen LogP contribution in [0.2, 0.25) is 5.15 Å². The Bertz CT molecular complexity index is 996. The molecule has 0 spiro atoms. The third-order valence-corrected chi connectivity index (χ3v) is 6.92. The molecule has 10 heteroatoms. The van der Waals surface area contributed by atoms with Crippen molar-refractivity contribution < 1.29 is 18.3 Å². The maximum absolute atomic E-state index is 14.9. The summed E-state index contributed by atoms with van der Waals surface area (Å²) >= 11 is 6.00. The van der Waals surface area contributed by atoms with Crippen LogP contribution in [0, 0.1) is 5.82 Å². The minimum absolute atomic E-state index is 0.0153. The fourth-order valence-corrected chi connectivity index (χ4v) is 5.04. The van der Waals surface area contributed by atoms with Gasteiger partial charge in [-0.25, -0.2) is 8.78 Å². The summed E-state index contributed by atoms with van der Waals surface area (Å²) in [6.45, 7) is 4.03. The number of pyridine rings is 1. The first kappa shape index (κ1) is 19.9. The van der Waals surface area contributed by atoms with Gasteiger partial charge in [0.05, 0.1) is 12.1 Å². The van der Waals surface area contributed by atoms with Gasteiger partial charge >= 0.3 is 6.01 Å². The topological polar surface area (TPSA) is 63.6 Å². The SMILES string of the molecule is CC1CCOc2nc(Cl)c(F)c3nc(OC[C@@]45CCCN4C[C@H](F)C5)nc(c23)N1C. The molecule has 0 amide bonds. The van der Waals surface area contributed by atoms with Crippen molar-refractivity contribution in [3.8, 4) is 11.9 Å². The smallest absolute Gasteiger partial charge is 0.319 e. The first-order valence-electron chi connectivity index (χ1n) is 10.3. The summed E-state index contributed by atoms with van der Waals surface area (Å²) in [5.41, 5.74) is -0.327. The Morgan fingerprint density at radius 3 is 3.00 bits per heavy atom. The first-order chi connectivity index (χ1) is 14.4. The molecule has 2 aromatic heterocycles. The second-order valence-corrected chi connectivity index (χ2v) is 8.89. The quantitative estimate of drug-likeness (QED) is 0.679. The van der Waals surface area contributed by atoms with Crippen LogP contribution in [-0.2, 0) is 0 Å². The van der Waals surface area contributed by atoms with Crippen molar-refractivity contribution in [1.82, 2.24) is 19.9 Å². The Morgan fingerprint density at radius 1 is 1.33 bits per heavy atom. The van der Waals surface area contributed by atoms with Gasteiger partial charge in [-0.3, -0.25) is 4.90 Å². The highest BCUT2D eigenvalue weighted by Gasteiger charge is 2.49. The number of hydrogen-bond donors (Lipinski definition) is 0. The summed E-state index contributed by atoms with van der Waals surface area (Å²) in [4.78, 5) is 17.0. The van der Waals surface area contributed by atoms with Crippen molar-refractivity contribution in [2.24, 2.45) is 0 Å². The van der Waals surface area contributed by atoms with Gasteiger partial charge in [0.2, 0.25) is 5.88 Å². The fraction of sp³-hybridized carbons (Fsp3) is 0.650. The normalized spacial score (nSPS) is 28.9. The molecule has 5 heterocycles. The van der Waals surface area contributed by atoms with Crippen LogP contribution in [0.1, 0.15) is 32.6 Å². The number of nitrogens with zero attached hydrogens (tertiary/aromatic N) is 5. The third kappa shape index (κ3) is 3.13. The predicted molar refractivity (Wildman–Crippen MR) is 109 cm³/mol. The van der Waals surface area contributed by atoms with Crippen LogP contribution in [0.15, 0.2) is 0 Å². The lowest BCUT2D eigenvalue weighted by atomic mass is 9.95. The monoisotopic (exact) mass is 439 g/mol. The van der Waals surface area contributed by atoms with Crippen LogP contribution in [0.4, 0.5) is 14.6 Å². The number of aromatic nitrogens is 3. The zero-order valence-electron chi connectivity index (χ0n) is 17.0. The Kier molecular flexibility index (Phi) is 4.85. The van der Waals surface area contributed by atoms with Crippen molar-refractivity contribution in [1.29, 1.82) is 0 Å². The largest absolute Gasteiger partial charge is 0.477 e. The lowest BCUT2D eigenvalue weighted by Gasteiger charge is -2.32. The number of halogens is 3. The number of rotatable bonds is 3. The summed E-state index contributed by atoms with van der Waals surface area (Å²) in [6, 6.07) is 0.154. The minimum atomic E-state index is -0.853. The molecule has 3 aliphatic rings. The number of hydrogen-bond acceptors (Lipinski definition) is 7. The molecule has 1 unspecified atom stereocenters. The second kappa shape index (κ2) is 7.30. The zero-order chi connectivity index (χ0) is 21.0. The highest BCUT2D eigenvalue weighted by Crippen LogP contribution is 2.41. The molecule has 0 bridgehead atoms. The van der Waals surface area contributed by atoms with E-state index in [0.717, 1.165) is 25.8 Å². The van der Waals surface area contributed by atoms with Crippen LogP contribution in [-0.4, -0.2) is 71.0 Å². The van der Waals surface area contributed by atoms with Gasteiger partial charge in [-0.2, -0.15) is 15.0 Å². The van der Waals surface area contributed by atoms with Gasteiger partial charge in [-0.1, -0.05) is 11.6 Å². The molecule has 3 aliphatic heterocycles. The van der Waals surface area contributed by atoms with Crippen LogP contribution < -0.4 is 14.4 Å². The first-order valence-corrected chi connectivity index (χ1v) is 10.7. The molecule has 0 radical (unpaired) electrons. The van der Waals surface area contributed by atoms with Gasteiger partial charge < -0.3 is 14.4 Å². The van der Waals surface area contributed by atoms with Gasteiger partial charge in [0.25, 0.3) is 0 Å². The van der Waals surface area contributed by atoms with E-state index in [1.54, 1.807) is 0 Å². The van der Waals surface area contributed by atoms with Crippen LogP contribution in [0.5, 0.6) is 11.9 Å². The van der Waals surface area contributed by atoms with E-state index in [0.29, 0.717) is 30.8 Å². The average molecular weight is 440 g/mol. The summed E-state index contributed by atoms with van der Waals surface area (Å²) in [5.74, 6) is -0.0383. The van der Waals surface area contributed by atoms with Crippen LogP contribution >= 0.6 is 11.6 Å². The van der Waals surface area contributed by atoms with Crippen molar-refractivity contribution in [3.63, 3.8) is 0 Å². The Hall–Kier alpha value is -2.00. The van der Waals surface area contributed by atoms with E-state index < -0.39 is 12.0 Å². The molecule has 2 fully saturated rings. The summed E-state index contributed by atoms with van der Waals surface area (Å²) in [7, 11) is 1.89. The van der Waals surface area contributed by atoms with E-state index in [2.05, 4.69) is 19.9 Å². The van der Waals surface area contributed by atoms with E-state index in [4.69, 9.17) is 21.1 Å². The highest BCUT2D eigenvalue weighted by atomic mass is 35.5. The van der Waals surface area contributed by atoms with E-state index in [1.165, 1.54) is 0 Å². The third-order valence-electron chi connectivity index (χ3n) is 6.67. The van der Waals surface area contributed by atoms with Crippen LogP contribution in [0.3, 0.4) is 0 Å². The Balaban J connectivity index is 1.56. The van der Waals surface area contributed by atoms with Crippen molar-refractivity contribution in [2.75, 3.05) is 38.3 Å². The van der Waals surface area contributed by atoms with Crippen molar-refractivity contribution >= 4 is 28.3 Å². The predicted octanol–water partition coefficient (Wildman–Crippen LogP) is 3.38. The Labute approximate surface area is 178 Å². The fourth-order valence-electron chi connectivity index (χ4n) is 4.88. The van der Waals surface area contributed by atoms with E-state index in [1.807, 2.05) is 18.9 Å². The van der Waals surface area contributed by atoms with Gasteiger partial charge in [0, 0.05) is 32.5 Å². The van der Waals surface area contributed by atoms with E-state index >= 15 is 0 Å². The average Bonchev–Trinajstić information content (AvgIpc) is 3.23. The molecule has 2 aromatic rings. The van der Waals surface area contributed by atoms with Gasteiger partial charge in [-0.15, -0.1) is 0 Å². The van der Waals surface area contributed by atoms with Crippen molar-refractivity contribution in [2.45, 2.75) is 50.4 Å². The minimum Gasteiger partial charge on any atom is -0.477 e. The number of alkyl halides is 1. The molecular formula is C20H24ClF2N5O2. The summed E-state index contributed by atoms with van der Waals surface area (Å²) in [5, 5.41) is 0.0737. The molecule has 0 aliphatic carbocycles.